The molecule has 0 spiro atoms. The van der Waals surface area contributed by atoms with Gasteiger partial charge in [-0.05, 0) is 24.5 Å². The SMILES string of the molecule is Cn1c(C[C@H]2CCS(=O)(=O)C2)nnc1SCC(=O)Nc1ccc2c(c1)OCO2. The average Bonchev–Trinajstić information content (AvgIpc) is 3.33. The summed E-state index contributed by atoms with van der Waals surface area (Å²) in [4.78, 5) is 12.2. The summed E-state index contributed by atoms with van der Waals surface area (Å²) in [5.74, 6) is 2.55. The van der Waals surface area contributed by atoms with Gasteiger partial charge in [-0.2, -0.15) is 0 Å². The van der Waals surface area contributed by atoms with Crippen LogP contribution >= 0.6 is 11.8 Å². The number of thioether (sulfide) groups is 1. The number of ether oxygens (including phenoxy) is 2. The van der Waals surface area contributed by atoms with Gasteiger partial charge in [-0.25, -0.2) is 8.42 Å². The Labute approximate surface area is 166 Å². The molecule has 150 valence electrons. The summed E-state index contributed by atoms with van der Waals surface area (Å²) < 4.78 is 35.6. The molecule has 1 N–H and O–H groups in total. The Hall–Kier alpha value is -2.27. The van der Waals surface area contributed by atoms with Crippen LogP contribution in [0.5, 0.6) is 11.5 Å². The van der Waals surface area contributed by atoms with Gasteiger partial charge in [0.25, 0.3) is 0 Å². The van der Waals surface area contributed by atoms with Crippen molar-refractivity contribution >= 4 is 33.2 Å². The number of carbonyl (C=O) groups excluding carboxylic acids is 1. The van der Waals surface area contributed by atoms with Crippen molar-refractivity contribution in [3.8, 4) is 11.5 Å². The lowest BCUT2D eigenvalue weighted by atomic mass is 10.1. The van der Waals surface area contributed by atoms with Gasteiger partial charge in [-0.1, -0.05) is 11.8 Å². The van der Waals surface area contributed by atoms with Gasteiger partial charge in [0.1, 0.15) is 5.82 Å². The lowest BCUT2D eigenvalue weighted by Gasteiger charge is -2.08. The summed E-state index contributed by atoms with van der Waals surface area (Å²) >= 11 is 1.28. The molecule has 1 aromatic carbocycles. The first-order valence-electron chi connectivity index (χ1n) is 8.80. The van der Waals surface area contributed by atoms with Gasteiger partial charge in [0.15, 0.2) is 26.5 Å². The zero-order valence-electron chi connectivity index (χ0n) is 15.3. The summed E-state index contributed by atoms with van der Waals surface area (Å²) in [7, 11) is -1.08. The fraction of sp³-hybridized carbons (Fsp3) is 0.471. The normalized spacial score (nSPS) is 19.7. The van der Waals surface area contributed by atoms with Crippen molar-refractivity contribution in [1.82, 2.24) is 14.8 Å². The van der Waals surface area contributed by atoms with E-state index in [1.54, 1.807) is 18.2 Å². The molecule has 2 aliphatic rings. The van der Waals surface area contributed by atoms with E-state index < -0.39 is 9.84 Å². The van der Waals surface area contributed by atoms with Crippen LogP contribution in [0.1, 0.15) is 12.2 Å². The third-order valence-electron chi connectivity index (χ3n) is 4.71. The molecular weight excluding hydrogens is 404 g/mol. The molecule has 1 atom stereocenters. The van der Waals surface area contributed by atoms with E-state index in [1.807, 2.05) is 11.6 Å². The monoisotopic (exact) mass is 424 g/mol. The maximum absolute atomic E-state index is 12.2. The number of hydrogen-bond donors (Lipinski definition) is 1. The highest BCUT2D eigenvalue weighted by atomic mass is 32.2. The third kappa shape index (κ3) is 4.25. The quantitative estimate of drug-likeness (QED) is 0.690. The molecule has 1 fully saturated rings. The number of fused-ring (bicyclic) bond motifs is 1. The first-order chi connectivity index (χ1) is 13.4. The minimum absolute atomic E-state index is 0.0834. The van der Waals surface area contributed by atoms with Crippen LogP contribution in [0.2, 0.25) is 0 Å². The number of hydrogen-bond acceptors (Lipinski definition) is 8. The molecule has 1 aromatic heterocycles. The lowest BCUT2D eigenvalue weighted by Crippen LogP contribution is -2.14. The Kier molecular flexibility index (Phi) is 5.19. The Morgan fingerprint density at radius 3 is 2.93 bits per heavy atom. The largest absolute Gasteiger partial charge is 0.454 e. The number of nitrogens with zero attached hydrogens (tertiary/aromatic N) is 3. The minimum Gasteiger partial charge on any atom is -0.454 e. The van der Waals surface area contributed by atoms with Gasteiger partial charge >= 0.3 is 0 Å². The first kappa shape index (κ1) is 19.1. The van der Waals surface area contributed by atoms with E-state index in [2.05, 4.69) is 15.5 Å². The van der Waals surface area contributed by atoms with Gasteiger partial charge in [0, 0.05) is 25.2 Å². The standard InChI is InChI=1S/C17H20N4O5S2/c1-21-15(6-11-4-5-28(23,24)9-11)19-20-17(21)27-8-16(22)18-12-2-3-13-14(7-12)26-10-25-13/h2-3,7,11H,4-6,8-10H2,1H3,(H,18,22)/t11-/m1/s1. The maximum atomic E-state index is 12.2. The van der Waals surface area contributed by atoms with Crippen molar-refractivity contribution in [2.45, 2.75) is 18.0 Å². The fourth-order valence-corrected chi connectivity index (χ4v) is 5.83. The zero-order valence-corrected chi connectivity index (χ0v) is 16.9. The van der Waals surface area contributed by atoms with E-state index >= 15 is 0 Å². The Bertz CT molecular complexity index is 1000. The smallest absolute Gasteiger partial charge is 0.234 e. The van der Waals surface area contributed by atoms with E-state index in [4.69, 9.17) is 9.47 Å². The summed E-state index contributed by atoms with van der Waals surface area (Å²) in [5.41, 5.74) is 0.635. The fourth-order valence-electron chi connectivity index (χ4n) is 3.24. The molecule has 4 rings (SSSR count). The lowest BCUT2D eigenvalue weighted by molar-refractivity contribution is -0.113. The van der Waals surface area contributed by atoms with Crippen molar-refractivity contribution in [3.63, 3.8) is 0 Å². The number of amides is 1. The molecule has 1 amide bonds. The number of aromatic nitrogens is 3. The molecular formula is C17H20N4O5S2. The van der Waals surface area contributed by atoms with Gasteiger partial charge in [-0.3, -0.25) is 4.79 Å². The molecule has 0 saturated carbocycles. The van der Waals surface area contributed by atoms with Crippen LogP contribution < -0.4 is 14.8 Å². The molecule has 0 radical (unpaired) electrons. The van der Waals surface area contributed by atoms with Gasteiger partial charge < -0.3 is 19.4 Å². The predicted molar refractivity (Wildman–Crippen MR) is 103 cm³/mol. The summed E-state index contributed by atoms with van der Waals surface area (Å²) in [6.07, 6.45) is 1.24. The van der Waals surface area contributed by atoms with Crippen LogP contribution in [-0.4, -0.2) is 53.1 Å². The first-order valence-corrected chi connectivity index (χ1v) is 11.6. The third-order valence-corrected chi connectivity index (χ3v) is 7.57. The zero-order chi connectivity index (χ0) is 19.7. The molecule has 0 aliphatic carbocycles. The highest BCUT2D eigenvalue weighted by molar-refractivity contribution is 7.99. The molecule has 9 nitrogen and oxygen atoms in total. The van der Waals surface area contributed by atoms with E-state index in [9.17, 15) is 13.2 Å². The summed E-state index contributed by atoms with van der Waals surface area (Å²) in [6, 6.07) is 5.23. The molecule has 0 bridgehead atoms. The van der Waals surface area contributed by atoms with Gasteiger partial charge in [-0.15, -0.1) is 10.2 Å². The highest BCUT2D eigenvalue weighted by Gasteiger charge is 2.29. The van der Waals surface area contributed by atoms with Gasteiger partial charge in [0.2, 0.25) is 12.7 Å². The number of carbonyl (C=O) groups is 1. The maximum Gasteiger partial charge on any atom is 0.234 e. The number of nitrogens with one attached hydrogen (secondary N) is 1. The Morgan fingerprint density at radius 2 is 2.14 bits per heavy atom. The van der Waals surface area contributed by atoms with Crippen LogP contribution in [0.15, 0.2) is 23.4 Å². The number of anilines is 1. The van der Waals surface area contributed by atoms with Crippen molar-refractivity contribution in [3.05, 3.63) is 24.0 Å². The minimum atomic E-state index is -2.91. The predicted octanol–water partition coefficient (Wildman–Crippen LogP) is 1.25. The van der Waals surface area contributed by atoms with E-state index in [-0.39, 0.29) is 35.9 Å². The molecule has 3 heterocycles. The van der Waals surface area contributed by atoms with Crippen molar-refractivity contribution in [2.24, 2.45) is 13.0 Å². The molecule has 11 heteroatoms. The van der Waals surface area contributed by atoms with E-state index in [1.165, 1.54) is 11.8 Å². The van der Waals surface area contributed by atoms with Crippen LogP contribution in [0.3, 0.4) is 0 Å². The molecule has 28 heavy (non-hydrogen) atoms. The molecule has 1 saturated heterocycles. The second-order valence-corrected chi connectivity index (χ2v) is 10.0. The Balaban J connectivity index is 1.31. The van der Waals surface area contributed by atoms with Crippen molar-refractivity contribution < 1.29 is 22.7 Å². The number of benzene rings is 1. The van der Waals surface area contributed by atoms with Crippen LogP contribution in [-0.2, 0) is 28.1 Å². The highest BCUT2D eigenvalue weighted by Crippen LogP contribution is 2.34. The molecule has 0 unspecified atom stereocenters. The number of sulfone groups is 1. The second-order valence-electron chi connectivity index (χ2n) is 6.84. The Morgan fingerprint density at radius 1 is 1.32 bits per heavy atom. The van der Waals surface area contributed by atoms with Crippen LogP contribution in [0.4, 0.5) is 5.69 Å². The topological polar surface area (TPSA) is 112 Å². The number of rotatable bonds is 6. The van der Waals surface area contributed by atoms with Crippen LogP contribution in [0, 0.1) is 5.92 Å². The molecule has 2 aliphatic heterocycles. The van der Waals surface area contributed by atoms with E-state index in [0.717, 1.165) is 5.82 Å². The summed E-state index contributed by atoms with van der Waals surface area (Å²) in [5, 5.41) is 11.7. The second kappa shape index (κ2) is 7.63. The van der Waals surface area contributed by atoms with Crippen LogP contribution in [0.25, 0.3) is 0 Å². The molecule has 2 aromatic rings. The van der Waals surface area contributed by atoms with Crippen molar-refractivity contribution in [2.75, 3.05) is 29.4 Å². The summed E-state index contributed by atoms with van der Waals surface area (Å²) in [6.45, 7) is 0.184. The van der Waals surface area contributed by atoms with Gasteiger partial charge in [0.05, 0.1) is 17.3 Å². The average molecular weight is 425 g/mol. The van der Waals surface area contributed by atoms with E-state index in [0.29, 0.717) is 35.2 Å². The van der Waals surface area contributed by atoms with Crippen molar-refractivity contribution in [1.29, 1.82) is 0 Å².